The summed E-state index contributed by atoms with van der Waals surface area (Å²) in [5.41, 5.74) is 1.35. The fraction of sp³-hybridized carbons (Fsp3) is 0.450. The zero-order valence-corrected chi connectivity index (χ0v) is 15.8. The molecule has 1 saturated carbocycles. The second kappa shape index (κ2) is 7.82. The molecule has 3 rings (SSSR count). The number of hydrogen-bond donors (Lipinski definition) is 2. The second-order valence-corrected chi connectivity index (χ2v) is 7.39. The van der Waals surface area contributed by atoms with Gasteiger partial charge in [0.1, 0.15) is 0 Å². The fourth-order valence-corrected chi connectivity index (χ4v) is 2.89. The average molecular weight is 371 g/mol. The Kier molecular flexibility index (Phi) is 5.48. The molecule has 1 aromatic heterocycles. The molecule has 0 unspecified atom stereocenters. The first-order chi connectivity index (χ1) is 12.8. The van der Waals surface area contributed by atoms with Crippen LogP contribution in [0.2, 0.25) is 0 Å². The molecule has 0 bridgehead atoms. The maximum atomic E-state index is 12.6. The van der Waals surface area contributed by atoms with Crippen LogP contribution in [0.5, 0.6) is 0 Å². The molecule has 3 amide bonds. The molecular weight excluding hydrogens is 346 g/mol. The number of esters is 1. The molecule has 7 nitrogen and oxygen atoms in total. The number of nitrogens with one attached hydrogen (secondary N) is 2. The van der Waals surface area contributed by atoms with Crippen molar-refractivity contribution in [2.45, 2.75) is 52.3 Å². The minimum absolute atomic E-state index is 0.141. The molecule has 1 aliphatic carbocycles. The number of hydrogen-bond acceptors (Lipinski definition) is 4. The minimum atomic E-state index is -1.07. The maximum Gasteiger partial charge on any atom is 0.341 e. The monoisotopic (exact) mass is 371 g/mol. The van der Waals surface area contributed by atoms with Crippen molar-refractivity contribution in [2.24, 2.45) is 5.92 Å². The third kappa shape index (κ3) is 4.67. The SMILES string of the molecule is CC(C)Cn1cc(C(=O)O[C@H](C)C(=O)NC(=O)NC2CC2)c2ccccc21. The summed E-state index contributed by atoms with van der Waals surface area (Å²) in [6.07, 6.45) is 2.53. The van der Waals surface area contributed by atoms with Crippen molar-refractivity contribution in [3.63, 3.8) is 0 Å². The topological polar surface area (TPSA) is 89.4 Å². The van der Waals surface area contributed by atoms with Gasteiger partial charge in [-0.1, -0.05) is 32.0 Å². The Labute approximate surface area is 158 Å². The van der Waals surface area contributed by atoms with E-state index in [1.165, 1.54) is 6.92 Å². The molecule has 1 aromatic carbocycles. The summed E-state index contributed by atoms with van der Waals surface area (Å²) in [4.78, 5) is 36.4. The Morgan fingerprint density at radius 3 is 2.56 bits per heavy atom. The Hall–Kier alpha value is -2.83. The molecule has 1 atom stereocenters. The standard InChI is InChI=1S/C20H25N3O4/c1-12(2)10-23-11-16(15-6-4-5-7-17(15)23)19(25)27-13(3)18(24)22-20(26)21-14-8-9-14/h4-7,11-14H,8-10H2,1-3H3,(H2,21,22,24,26)/t13-/m1/s1. The Balaban J connectivity index is 1.69. The van der Waals surface area contributed by atoms with Crippen molar-refractivity contribution < 1.29 is 19.1 Å². The summed E-state index contributed by atoms with van der Waals surface area (Å²) in [6, 6.07) is 7.17. The van der Waals surface area contributed by atoms with Gasteiger partial charge in [0.25, 0.3) is 5.91 Å². The molecule has 7 heteroatoms. The van der Waals surface area contributed by atoms with E-state index in [9.17, 15) is 14.4 Å². The molecular formula is C20H25N3O4. The Morgan fingerprint density at radius 2 is 1.89 bits per heavy atom. The largest absolute Gasteiger partial charge is 0.449 e. The van der Waals surface area contributed by atoms with Crippen LogP contribution in [0.15, 0.2) is 30.5 Å². The van der Waals surface area contributed by atoms with Crippen LogP contribution < -0.4 is 10.6 Å². The van der Waals surface area contributed by atoms with Crippen molar-refractivity contribution in [3.05, 3.63) is 36.0 Å². The summed E-state index contributed by atoms with van der Waals surface area (Å²) in [5.74, 6) is -0.814. The summed E-state index contributed by atoms with van der Waals surface area (Å²) < 4.78 is 7.32. The normalized spacial score (nSPS) is 14.8. The van der Waals surface area contributed by atoms with Gasteiger partial charge in [-0.15, -0.1) is 0 Å². The highest BCUT2D eigenvalue weighted by Gasteiger charge is 2.27. The van der Waals surface area contributed by atoms with Crippen LogP contribution in [0.25, 0.3) is 10.9 Å². The lowest BCUT2D eigenvalue weighted by Gasteiger charge is -2.13. The van der Waals surface area contributed by atoms with Crippen molar-refractivity contribution in [1.29, 1.82) is 0 Å². The van der Waals surface area contributed by atoms with Gasteiger partial charge < -0.3 is 14.6 Å². The lowest BCUT2D eigenvalue weighted by molar-refractivity contribution is -0.127. The van der Waals surface area contributed by atoms with Crippen LogP contribution in [0.4, 0.5) is 4.79 Å². The Morgan fingerprint density at radius 1 is 1.19 bits per heavy atom. The first-order valence-corrected chi connectivity index (χ1v) is 9.25. The number of imide groups is 1. The molecule has 0 saturated heterocycles. The number of para-hydroxylation sites is 1. The molecule has 0 spiro atoms. The number of nitrogens with zero attached hydrogens (tertiary/aromatic N) is 1. The lowest BCUT2D eigenvalue weighted by Crippen LogP contribution is -2.45. The van der Waals surface area contributed by atoms with E-state index in [0.29, 0.717) is 11.5 Å². The van der Waals surface area contributed by atoms with E-state index in [4.69, 9.17) is 4.74 Å². The molecule has 1 heterocycles. The number of amides is 3. The molecule has 0 aliphatic heterocycles. The quantitative estimate of drug-likeness (QED) is 0.764. The zero-order chi connectivity index (χ0) is 19.6. The summed E-state index contributed by atoms with van der Waals surface area (Å²) in [7, 11) is 0. The van der Waals surface area contributed by atoms with Gasteiger partial charge in [0, 0.05) is 29.7 Å². The predicted octanol–water partition coefficient (Wildman–Crippen LogP) is 2.83. The van der Waals surface area contributed by atoms with Crippen LogP contribution in [-0.4, -0.2) is 34.6 Å². The number of ether oxygens (including phenoxy) is 1. The highest BCUT2D eigenvalue weighted by Crippen LogP contribution is 2.23. The first-order valence-electron chi connectivity index (χ1n) is 9.25. The van der Waals surface area contributed by atoms with E-state index < -0.39 is 24.0 Å². The number of aromatic nitrogens is 1. The van der Waals surface area contributed by atoms with Gasteiger partial charge in [0.05, 0.1) is 5.56 Å². The van der Waals surface area contributed by atoms with E-state index in [2.05, 4.69) is 24.5 Å². The second-order valence-electron chi connectivity index (χ2n) is 7.39. The summed E-state index contributed by atoms with van der Waals surface area (Å²) >= 11 is 0. The van der Waals surface area contributed by atoms with Crippen molar-refractivity contribution >= 4 is 28.8 Å². The zero-order valence-electron chi connectivity index (χ0n) is 15.8. The van der Waals surface area contributed by atoms with Gasteiger partial charge in [0.2, 0.25) is 0 Å². The minimum Gasteiger partial charge on any atom is -0.449 e. The molecule has 1 aliphatic rings. The molecule has 2 N–H and O–H groups in total. The number of rotatable bonds is 6. The van der Waals surface area contributed by atoms with E-state index in [1.54, 1.807) is 6.20 Å². The fourth-order valence-electron chi connectivity index (χ4n) is 2.89. The molecule has 144 valence electrons. The van der Waals surface area contributed by atoms with Gasteiger partial charge in [-0.25, -0.2) is 9.59 Å². The van der Waals surface area contributed by atoms with Gasteiger partial charge >= 0.3 is 12.0 Å². The van der Waals surface area contributed by atoms with E-state index >= 15 is 0 Å². The van der Waals surface area contributed by atoms with E-state index in [-0.39, 0.29) is 6.04 Å². The molecule has 27 heavy (non-hydrogen) atoms. The number of carbonyl (C=O) groups excluding carboxylic acids is 3. The number of benzene rings is 1. The van der Waals surface area contributed by atoms with Crippen LogP contribution in [0, 0.1) is 5.92 Å². The van der Waals surface area contributed by atoms with E-state index in [0.717, 1.165) is 30.3 Å². The van der Waals surface area contributed by atoms with Crippen LogP contribution in [0.1, 0.15) is 44.0 Å². The number of urea groups is 1. The van der Waals surface area contributed by atoms with Crippen LogP contribution in [-0.2, 0) is 16.1 Å². The van der Waals surface area contributed by atoms with Crippen molar-refractivity contribution in [2.75, 3.05) is 0 Å². The smallest absolute Gasteiger partial charge is 0.341 e. The summed E-state index contributed by atoms with van der Waals surface area (Å²) in [5, 5.41) is 5.64. The maximum absolute atomic E-state index is 12.6. The number of fused-ring (bicyclic) bond motifs is 1. The first kappa shape index (κ1) is 18.9. The molecule has 0 radical (unpaired) electrons. The Bertz CT molecular complexity index is 867. The molecule has 1 fully saturated rings. The van der Waals surface area contributed by atoms with Crippen LogP contribution >= 0.6 is 0 Å². The number of carbonyl (C=O) groups is 3. The van der Waals surface area contributed by atoms with Gasteiger partial charge in [-0.3, -0.25) is 10.1 Å². The highest BCUT2D eigenvalue weighted by atomic mass is 16.5. The highest BCUT2D eigenvalue weighted by molar-refractivity contribution is 6.05. The third-order valence-electron chi connectivity index (χ3n) is 4.37. The van der Waals surface area contributed by atoms with Crippen molar-refractivity contribution in [1.82, 2.24) is 15.2 Å². The van der Waals surface area contributed by atoms with E-state index in [1.807, 2.05) is 28.8 Å². The van der Waals surface area contributed by atoms with Crippen molar-refractivity contribution in [3.8, 4) is 0 Å². The van der Waals surface area contributed by atoms with Gasteiger partial charge in [-0.05, 0) is 31.7 Å². The molecule has 2 aromatic rings. The average Bonchev–Trinajstić information content (AvgIpc) is 3.34. The predicted molar refractivity (Wildman–Crippen MR) is 101 cm³/mol. The lowest BCUT2D eigenvalue weighted by atomic mass is 10.2. The third-order valence-corrected chi connectivity index (χ3v) is 4.37. The summed E-state index contributed by atoms with van der Waals surface area (Å²) in [6.45, 7) is 6.42. The van der Waals surface area contributed by atoms with Gasteiger partial charge in [0.15, 0.2) is 6.10 Å². The van der Waals surface area contributed by atoms with Crippen LogP contribution in [0.3, 0.4) is 0 Å². The van der Waals surface area contributed by atoms with Gasteiger partial charge in [-0.2, -0.15) is 0 Å².